The first-order chi connectivity index (χ1) is 11.1. The third-order valence-corrected chi connectivity index (χ3v) is 3.65. The number of anilines is 1. The van der Waals surface area contributed by atoms with E-state index in [1.165, 1.54) is 0 Å². The fourth-order valence-electron chi connectivity index (χ4n) is 2.65. The highest BCUT2D eigenvalue weighted by Gasteiger charge is 2.26. The molecule has 0 radical (unpaired) electrons. The third-order valence-electron chi connectivity index (χ3n) is 3.65. The molecule has 2 amide bonds. The van der Waals surface area contributed by atoms with Gasteiger partial charge in [0.25, 0.3) is 0 Å². The van der Waals surface area contributed by atoms with Crippen LogP contribution in [0.25, 0.3) is 0 Å². The summed E-state index contributed by atoms with van der Waals surface area (Å²) in [6.45, 7) is 4.26. The van der Waals surface area contributed by atoms with Gasteiger partial charge in [-0.1, -0.05) is 11.2 Å². The van der Waals surface area contributed by atoms with Gasteiger partial charge in [-0.2, -0.15) is 0 Å². The number of aromatic nitrogens is 1. The van der Waals surface area contributed by atoms with E-state index in [-0.39, 0.29) is 12.1 Å². The van der Waals surface area contributed by atoms with Gasteiger partial charge in [-0.05, 0) is 25.5 Å². The van der Waals surface area contributed by atoms with E-state index in [1.54, 1.807) is 20.1 Å². The molecule has 0 saturated carbocycles. The molecule has 2 aromatic rings. The molecule has 1 aliphatic heterocycles. The second-order valence-corrected chi connectivity index (χ2v) is 5.50. The number of ether oxygens (including phenoxy) is 2. The van der Waals surface area contributed by atoms with Crippen molar-refractivity contribution >= 4 is 11.8 Å². The van der Waals surface area contributed by atoms with Crippen LogP contribution in [0.4, 0.5) is 10.6 Å². The van der Waals surface area contributed by atoms with E-state index in [0.717, 1.165) is 11.1 Å². The van der Waals surface area contributed by atoms with Crippen molar-refractivity contribution in [2.75, 3.05) is 19.0 Å². The molecule has 0 aliphatic carbocycles. The lowest BCUT2D eigenvalue weighted by Gasteiger charge is -2.28. The predicted molar refractivity (Wildman–Crippen MR) is 84.0 cm³/mol. The maximum absolute atomic E-state index is 12.2. The minimum absolute atomic E-state index is 0.152. The van der Waals surface area contributed by atoms with Crippen LogP contribution in [-0.4, -0.2) is 24.9 Å². The largest absolute Gasteiger partial charge is 0.493 e. The summed E-state index contributed by atoms with van der Waals surface area (Å²) in [4.78, 5) is 12.2. The minimum Gasteiger partial charge on any atom is -0.493 e. The number of carbonyl (C=O) groups is 1. The molecule has 2 N–H and O–H groups in total. The average molecular weight is 317 g/mol. The quantitative estimate of drug-likeness (QED) is 0.909. The van der Waals surface area contributed by atoms with Crippen molar-refractivity contribution in [1.29, 1.82) is 0 Å². The van der Waals surface area contributed by atoms with Gasteiger partial charge in [-0.25, -0.2) is 4.79 Å². The Balaban J connectivity index is 1.77. The fraction of sp³-hybridized carbons (Fsp3) is 0.375. The van der Waals surface area contributed by atoms with E-state index in [0.29, 0.717) is 36.1 Å². The smallest absolute Gasteiger partial charge is 0.320 e. The molecule has 7 heteroatoms. The number of carbonyl (C=O) groups excluding carboxylic acids is 1. The van der Waals surface area contributed by atoms with Crippen LogP contribution < -0.4 is 20.1 Å². The molecule has 23 heavy (non-hydrogen) atoms. The minimum atomic E-state index is -0.336. The summed E-state index contributed by atoms with van der Waals surface area (Å²) in [5.74, 6) is 2.39. The van der Waals surface area contributed by atoms with Gasteiger partial charge in [0.1, 0.15) is 5.76 Å². The Hall–Kier alpha value is -2.70. The fourth-order valence-corrected chi connectivity index (χ4v) is 2.65. The van der Waals surface area contributed by atoms with E-state index in [2.05, 4.69) is 15.8 Å². The van der Waals surface area contributed by atoms with Crippen molar-refractivity contribution in [3.63, 3.8) is 0 Å². The number of amides is 2. The van der Waals surface area contributed by atoms with Crippen molar-refractivity contribution < 1.29 is 18.8 Å². The first-order valence-electron chi connectivity index (χ1n) is 7.39. The number of benzene rings is 1. The van der Waals surface area contributed by atoms with Gasteiger partial charge in [0, 0.05) is 18.1 Å². The Labute approximate surface area is 133 Å². The van der Waals surface area contributed by atoms with Crippen LogP contribution in [0.15, 0.2) is 22.7 Å². The predicted octanol–water partition coefficient (Wildman–Crippen LogP) is 2.95. The number of nitrogens with one attached hydrogen (secondary N) is 2. The van der Waals surface area contributed by atoms with Crippen molar-refractivity contribution in [3.05, 3.63) is 35.1 Å². The first kappa shape index (κ1) is 15.2. The van der Waals surface area contributed by atoms with Crippen LogP contribution in [0.3, 0.4) is 0 Å². The Kier molecular flexibility index (Phi) is 4.10. The molecule has 0 fully saturated rings. The van der Waals surface area contributed by atoms with Crippen LogP contribution in [-0.2, 0) is 0 Å². The normalized spacial score (nSPS) is 16.2. The Morgan fingerprint density at radius 1 is 1.35 bits per heavy atom. The zero-order chi connectivity index (χ0) is 16.4. The molecule has 1 aromatic heterocycles. The lowest BCUT2D eigenvalue weighted by molar-refractivity contribution is 0.226. The van der Waals surface area contributed by atoms with Crippen molar-refractivity contribution in [2.24, 2.45) is 0 Å². The molecule has 1 aliphatic rings. The summed E-state index contributed by atoms with van der Waals surface area (Å²) >= 11 is 0. The summed E-state index contributed by atoms with van der Waals surface area (Å²) in [6, 6.07) is 5.09. The second-order valence-electron chi connectivity index (χ2n) is 5.50. The standard InChI is InChI=1S/C16H19N3O4/c1-9-6-11-12(4-5-22-15(11)13(7-9)21-3)17-16(20)18-14-8-10(2)23-19-14/h6-8,12H,4-5H2,1-3H3,(H2,17,18,19,20). The number of hydrogen-bond donors (Lipinski definition) is 2. The van der Waals surface area contributed by atoms with Crippen molar-refractivity contribution in [1.82, 2.24) is 10.5 Å². The third kappa shape index (κ3) is 3.23. The second kappa shape index (κ2) is 6.20. The molecule has 3 rings (SSSR count). The molecule has 2 heterocycles. The molecule has 7 nitrogen and oxygen atoms in total. The molecule has 0 bridgehead atoms. The van der Waals surface area contributed by atoms with E-state index in [4.69, 9.17) is 14.0 Å². The van der Waals surface area contributed by atoms with Crippen molar-refractivity contribution in [2.45, 2.75) is 26.3 Å². The zero-order valence-corrected chi connectivity index (χ0v) is 13.3. The highest BCUT2D eigenvalue weighted by Crippen LogP contribution is 2.40. The van der Waals surface area contributed by atoms with Gasteiger partial charge in [0.05, 0.1) is 19.8 Å². The topological polar surface area (TPSA) is 85.6 Å². The maximum atomic E-state index is 12.2. The molecule has 0 saturated heterocycles. The highest BCUT2D eigenvalue weighted by atomic mass is 16.5. The van der Waals surface area contributed by atoms with E-state index in [1.807, 2.05) is 19.1 Å². The number of hydrogen-bond acceptors (Lipinski definition) is 5. The number of methoxy groups -OCH3 is 1. The van der Waals surface area contributed by atoms with Crippen LogP contribution >= 0.6 is 0 Å². The van der Waals surface area contributed by atoms with E-state index < -0.39 is 0 Å². The Morgan fingerprint density at radius 2 is 2.17 bits per heavy atom. The summed E-state index contributed by atoms with van der Waals surface area (Å²) in [5.41, 5.74) is 1.96. The molecule has 1 atom stereocenters. The van der Waals surface area contributed by atoms with Crippen molar-refractivity contribution in [3.8, 4) is 11.5 Å². The number of aryl methyl sites for hydroxylation is 2. The molecule has 122 valence electrons. The summed E-state index contributed by atoms with van der Waals surface area (Å²) < 4.78 is 16.0. The van der Waals surface area contributed by atoms with Gasteiger partial charge >= 0.3 is 6.03 Å². The summed E-state index contributed by atoms with van der Waals surface area (Å²) in [7, 11) is 1.61. The lowest BCUT2D eigenvalue weighted by atomic mass is 9.98. The van der Waals surface area contributed by atoms with Gasteiger partial charge in [-0.3, -0.25) is 5.32 Å². The lowest BCUT2D eigenvalue weighted by Crippen LogP contribution is -2.35. The monoisotopic (exact) mass is 317 g/mol. The molecular weight excluding hydrogens is 298 g/mol. The molecule has 0 spiro atoms. The van der Waals surface area contributed by atoms with Crippen LogP contribution in [0, 0.1) is 13.8 Å². The van der Waals surface area contributed by atoms with Crippen LogP contribution in [0.5, 0.6) is 11.5 Å². The molecule has 1 aromatic carbocycles. The number of nitrogens with zero attached hydrogens (tertiary/aromatic N) is 1. The zero-order valence-electron chi connectivity index (χ0n) is 13.3. The maximum Gasteiger partial charge on any atom is 0.320 e. The van der Waals surface area contributed by atoms with Crippen LogP contribution in [0.2, 0.25) is 0 Å². The SMILES string of the molecule is COc1cc(C)cc2c1OCCC2NC(=O)Nc1cc(C)on1. The van der Waals surface area contributed by atoms with E-state index in [9.17, 15) is 4.79 Å². The molecule has 1 unspecified atom stereocenters. The summed E-state index contributed by atoms with van der Waals surface area (Å²) in [6.07, 6.45) is 0.685. The van der Waals surface area contributed by atoms with E-state index >= 15 is 0 Å². The Bertz CT molecular complexity index is 726. The van der Waals surface area contributed by atoms with Gasteiger partial charge < -0.3 is 19.3 Å². The number of fused-ring (bicyclic) bond motifs is 1. The number of urea groups is 1. The first-order valence-corrected chi connectivity index (χ1v) is 7.39. The molecular formula is C16H19N3O4. The average Bonchev–Trinajstić information content (AvgIpc) is 2.92. The summed E-state index contributed by atoms with van der Waals surface area (Å²) in [5, 5.41) is 9.34. The van der Waals surface area contributed by atoms with Gasteiger partial charge in [-0.15, -0.1) is 0 Å². The van der Waals surface area contributed by atoms with Gasteiger partial charge in [0.2, 0.25) is 0 Å². The van der Waals surface area contributed by atoms with Gasteiger partial charge in [0.15, 0.2) is 17.3 Å². The highest BCUT2D eigenvalue weighted by molar-refractivity contribution is 5.88. The number of rotatable bonds is 3. The Morgan fingerprint density at radius 3 is 2.87 bits per heavy atom. The van der Waals surface area contributed by atoms with Crippen LogP contribution in [0.1, 0.15) is 29.3 Å².